The summed E-state index contributed by atoms with van der Waals surface area (Å²) in [6.07, 6.45) is 2.01. The molecule has 0 aliphatic heterocycles. The van der Waals surface area contributed by atoms with Crippen LogP contribution in [0, 0.1) is 0 Å². The van der Waals surface area contributed by atoms with Crippen molar-refractivity contribution in [2.24, 2.45) is 0 Å². The summed E-state index contributed by atoms with van der Waals surface area (Å²) in [5.41, 5.74) is 0. The molecular weight excluding hydrogens is 191 g/mol. The monoisotopic (exact) mass is 206 g/mol. The van der Waals surface area contributed by atoms with Gasteiger partial charge in [0.2, 0.25) is 5.83 Å². The molecular formula is C9H15FO4. The Balaban J connectivity index is 3.29. The van der Waals surface area contributed by atoms with Gasteiger partial charge < -0.3 is 14.6 Å². The molecule has 0 spiro atoms. The number of methoxy groups -OCH3 is 1. The number of unbranched alkanes of at least 4 members (excludes halogenated alkanes) is 1. The number of rotatable bonds is 8. The first kappa shape index (κ1) is 13.1. The molecule has 0 aromatic carbocycles. The highest BCUT2D eigenvalue weighted by Gasteiger charge is 2.02. The van der Waals surface area contributed by atoms with E-state index >= 15 is 0 Å². The van der Waals surface area contributed by atoms with Gasteiger partial charge in [0.25, 0.3) is 0 Å². The second-order valence-corrected chi connectivity index (χ2v) is 2.60. The molecule has 5 heteroatoms. The second-order valence-electron chi connectivity index (χ2n) is 2.60. The van der Waals surface area contributed by atoms with Gasteiger partial charge in [0.15, 0.2) is 0 Å². The Kier molecular flexibility index (Phi) is 8.07. The van der Waals surface area contributed by atoms with Gasteiger partial charge in [-0.3, -0.25) is 0 Å². The van der Waals surface area contributed by atoms with Crippen molar-refractivity contribution in [2.75, 3.05) is 26.9 Å². The number of carbonyl (C=O) groups is 1. The van der Waals surface area contributed by atoms with Crippen LogP contribution in [0.4, 0.5) is 4.39 Å². The molecule has 0 unspecified atom stereocenters. The molecule has 0 fully saturated rings. The molecule has 14 heavy (non-hydrogen) atoms. The molecule has 0 aromatic rings. The van der Waals surface area contributed by atoms with Crippen molar-refractivity contribution in [1.82, 2.24) is 0 Å². The van der Waals surface area contributed by atoms with Crippen LogP contribution in [0.25, 0.3) is 0 Å². The number of allylic oxidation sites excluding steroid dienone is 1. The average molecular weight is 206 g/mol. The standard InChI is InChI=1S/C9H15FO4/c1-13-6-7-14-5-3-2-4-8(10)9(11)12/h4H,2-3,5-7H2,1H3,(H,11,12)/b8-4-. The molecule has 0 saturated heterocycles. The smallest absolute Gasteiger partial charge is 0.364 e. The van der Waals surface area contributed by atoms with Crippen LogP contribution in [0.3, 0.4) is 0 Å². The van der Waals surface area contributed by atoms with Crippen molar-refractivity contribution in [3.8, 4) is 0 Å². The fraction of sp³-hybridized carbons (Fsp3) is 0.667. The van der Waals surface area contributed by atoms with Crippen molar-refractivity contribution in [2.45, 2.75) is 12.8 Å². The molecule has 0 heterocycles. The van der Waals surface area contributed by atoms with Crippen LogP contribution in [0.15, 0.2) is 11.9 Å². The summed E-state index contributed by atoms with van der Waals surface area (Å²) in [5, 5.41) is 8.16. The maximum Gasteiger partial charge on any atom is 0.364 e. The SMILES string of the molecule is COCCOCCC/C=C(\F)C(=O)O. The second kappa shape index (κ2) is 8.65. The number of ether oxygens (including phenoxy) is 2. The molecule has 0 saturated carbocycles. The third-order valence-corrected chi connectivity index (χ3v) is 1.45. The van der Waals surface area contributed by atoms with E-state index in [0.29, 0.717) is 32.7 Å². The van der Waals surface area contributed by atoms with E-state index in [-0.39, 0.29) is 0 Å². The molecule has 0 aliphatic rings. The highest BCUT2D eigenvalue weighted by atomic mass is 19.1. The fourth-order valence-electron chi connectivity index (χ4n) is 0.746. The van der Waals surface area contributed by atoms with E-state index in [1.807, 2.05) is 0 Å². The van der Waals surface area contributed by atoms with Gasteiger partial charge in [-0.25, -0.2) is 4.79 Å². The fourth-order valence-corrected chi connectivity index (χ4v) is 0.746. The van der Waals surface area contributed by atoms with Crippen LogP contribution in [0.1, 0.15) is 12.8 Å². The van der Waals surface area contributed by atoms with Gasteiger partial charge in [0, 0.05) is 13.7 Å². The van der Waals surface area contributed by atoms with E-state index in [1.54, 1.807) is 7.11 Å². The molecule has 1 N–H and O–H groups in total. The van der Waals surface area contributed by atoms with E-state index in [4.69, 9.17) is 14.6 Å². The van der Waals surface area contributed by atoms with Gasteiger partial charge in [-0.05, 0) is 18.9 Å². The number of halogens is 1. The summed E-state index contributed by atoms with van der Waals surface area (Å²) in [6, 6.07) is 0. The van der Waals surface area contributed by atoms with Gasteiger partial charge in [0.1, 0.15) is 0 Å². The first-order chi connectivity index (χ1) is 6.68. The van der Waals surface area contributed by atoms with Crippen molar-refractivity contribution in [1.29, 1.82) is 0 Å². The summed E-state index contributed by atoms with van der Waals surface area (Å²) in [6.45, 7) is 1.51. The maximum atomic E-state index is 12.4. The Morgan fingerprint density at radius 3 is 2.71 bits per heavy atom. The summed E-state index contributed by atoms with van der Waals surface area (Å²) in [5.74, 6) is -2.63. The lowest BCUT2D eigenvalue weighted by Gasteiger charge is -2.01. The third-order valence-electron chi connectivity index (χ3n) is 1.45. The zero-order chi connectivity index (χ0) is 10.8. The Morgan fingerprint density at radius 1 is 1.43 bits per heavy atom. The number of hydrogen-bond acceptors (Lipinski definition) is 3. The van der Waals surface area contributed by atoms with Crippen LogP contribution in [-0.2, 0) is 14.3 Å². The molecule has 4 nitrogen and oxygen atoms in total. The van der Waals surface area contributed by atoms with E-state index in [9.17, 15) is 9.18 Å². The molecule has 0 aromatic heterocycles. The van der Waals surface area contributed by atoms with E-state index in [2.05, 4.69) is 0 Å². The molecule has 0 radical (unpaired) electrons. The molecule has 0 aliphatic carbocycles. The average Bonchev–Trinajstić information content (AvgIpc) is 2.16. The lowest BCUT2D eigenvalue weighted by Crippen LogP contribution is -2.02. The van der Waals surface area contributed by atoms with E-state index in [0.717, 1.165) is 6.08 Å². The minimum atomic E-state index is -1.52. The van der Waals surface area contributed by atoms with Crippen LogP contribution in [-0.4, -0.2) is 38.0 Å². The van der Waals surface area contributed by atoms with E-state index < -0.39 is 11.8 Å². The largest absolute Gasteiger partial charge is 0.476 e. The van der Waals surface area contributed by atoms with Gasteiger partial charge in [0.05, 0.1) is 13.2 Å². The zero-order valence-corrected chi connectivity index (χ0v) is 8.16. The van der Waals surface area contributed by atoms with E-state index in [1.165, 1.54) is 0 Å². The van der Waals surface area contributed by atoms with Gasteiger partial charge in [-0.15, -0.1) is 0 Å². The topological polar surface area (TPSA) is 55.8 Å². The predicted molar refractivity (Wildman–Crippen MR) is 48.8 cm³/mol. The highest BCUT2D eigenvalue weighted by molar-refractivity contribution is 5.83. The van der Waals surface area contributed by atoms with Gasteiger partial charge in [-0.1, -0.05) is 0 Å². The molecule has 0 atom stereocenters. The van der Waals surface area contributed by atoms with Crippen LogP contribution in [0.5, 0.6) is 0 Å². The van der Waals surface area contributed by atoms with Gasteiger partial charge >= 0.3 is 5.97 Å². The minimum Gasteiger partial charge on any atom is -0.476 e. The molecule has 82 valence electrons. The molecule has 0 amide bonds. The quantitative estimate of drug-likeness (QED) is 0.481. The number of carboxylic acid groups (broad SMARTS) is 1. The predicted octanol–water partition coefficient (Wildman–Crippen LogP) is 1.37. The normalized spacial score (nSPS) is 11.7. The third kappa shape index (κ3) is 7.70. The van der Waals surface area contributed by atoms with Crippen LogP contribution < -0.4 is 0 Å². The van der Waals surface area contributed by atoms with Crippen molar-refractivity contribution < 1.29 is 23.8 Å². The summed E-state index contributed by atoms with van der Waals surface area (Å²) in [4.78, 5) is 10.0. The Labute approximate surface area is 82.3 Å². The summed E-state index contributed by atoms with van der Waals surface area (Å²) < 4.78 is 22.2. The number of hydrogen-bond donors (Lipinski definition) is 1. The lowest BCUT2D eigenvalue weighted by molar-refractivity contribution is -0.134. The molecule has 0 rings (SSSR count). The van der Waals surface area contributed by atoms with Crippen molar-refractivity contribution in [3.63, 3.8) is 0 Å². The number of carboxylic acids is 1. The minimum absolute atomic E-state index is 0.366. The van der Waals surface area contributed by atoms with Crippen LogP contribution in [0.2, 0.25) is 0 Å². The van der Waals surface area contributed by atoms with Crippen molar-refractivity contribution >= 4 is 5.97 Å². The first-order valence-corrected chi connectivity index (χ1v) is 4.34. The Morgan fingerprint density at radius 2 is 2.14 bits per heavy atom. The number of aliphatic carboxylic acids is 1. The Hall–Kier alpha value is -0.940. The van der Waals surface area contributed by atoms with Gasteiger partial charge in [-0.2, -0.15) is 4.39 Å². The van der Waals surface area contributed by atoms with Crippen LogP contribution >= 0.6 is 0 Å². The zero-order valence-electron chi connectivity index (χ0n) is 8.16. The lowest BCUT2D eigenvalue weighted by atomic mass is 10.3. The maximum absolute atomic E-state index is 12.4. The molecule has 0 bridgehead atoms. The Bertz CT molecular complexity index is 191. The summed E-state index contributed by atoms with van der Waals surface area (Å²) >= 11 is 0. The van der Waals surface area contributed by atoms with Crippen molar-refractivity contribution in [3.05, 3.63) is 11.9 Å². The first-order valence-electron chi connectivity index (χ1n) is 4.34. The summed E-state index contributed by atoms with van der Waals surface area (Å²) in [7, 11) is 1.58. The highest BCUT2D eigenvalue weighted by Crippen LogP contribution is 2.00.